The van der Waals surface area contributed by atoms with Crippen molar-refractivity contribution in [2.24, 2.45) is 0 Å². The molecule has 0 aliphatic heterocycles. The third-order valence-corrected chi connectivity index (χ3v) is 2.89. The molecule has 0 rings (SSSR count). The molecule has 0 saturated carbocycles. The first-order valence-electron chi connectivity index (χ1n) is 15.7. The van der Waals surface area contributed by atoms with Crippen LogP contribution in [0.25, 0.3) is 0 Å². The number of carbonyl (C=O) groups excluding carboxylic acids is 5. The Balaban J connectivity index is -0.0000000379. The van der Waals surface area contributed by atoms with E-state index < -0.39 is 29.8 Å². The largest absolute Gasteiger partial charge is 0.550 e. The highest BCUT2D eigenvalue weighted by molar-refractivity contribution is 5.61. The first kappa shape index (κ1) is 69.1. The van der Waals surface area contributed by atoms with Gasteiger partial charge >= 0.3 is 0 Å². The van der Waals surface area contributed by atoms with E-state index in [4.69, 9.17) is 49.5 Å². The van der Waals surface area contributed by atoms with Gasteiger partial charge in [-0.25, -0.2) is 0 Å². The van der Waals surface area contributed by atoms with Crippen LogP contribution >= 0.6 is 0 Å². The van der Waals surface area contributed by atoms with Crippen LogP contribution in [0.4, 0.5) is 0 Å². The summed E-state index contributed by atoms with van der Waals surface area (Å²) in [6.07, 6.45) is 0. The molecule has 280 valence electrons. The third kappa shape index (κ3) is 1230. The van der Waals surface area contributed by atoms with Gasteiger partial charge in [-0.15, -0.1) is 0 Å². The van der Waals surface area contributed by atoms with E-state index in [9.17, 15) is 0 Å². The van der Waals surface area contributed by atoms with Gasteiger partial charge in [0.15, 0.2) is 0 Å². The summed E-state index contributed by atoms with van der Waals surface area (Å²) in [6, 6.07) is 0. The van der Waals surface area contributed by atoms with E-state index in [-0.39, 0.29) is 0 Å². The molecule has 0 unspecified atom stereocenters. The van der Waals surface area contributed by atoms with Gasteiger partial charge in [0.2, 0.25) is 0 Å². The van der Waals surface area contributed by atoms with Crippen molar-refractivity contribution in [1.82, 2.24) is 0 Å². The van der Waals surface area contributed by atoms with E-state index in [0.717, 1.165) is 34.6 Å². The van der Waals surface area contributed by atoms with E-state index in [2.05, 4.69) is 95.8 Å². The number of carboxylic acid groups (broad SMARTS) is 5. The molecule has 0 amide bonds. The average Bonchev–Trinajstić information content (AvgIpc) is 2.86. The van der Waals surface area contributed by atoms with Crippen molar-refractivity contribution in [2.45, 2.75) is 104 Å². The minimum absolute atomic E-state index is 0.972. The van der Waals surface area contributed by atoms with Crippen molar-refractivity contribution in [1.29, 1.82) is 0 Å². The van der Waals surface area contributed by atoms with Crippen molar-refractivity contribution in [3.8, 4) is 0 Å². The summed E-state index contributed by atoms with van der Waals surface area (Å²) in [5.41, 5.74) is 0. The Hall–Kier alpha value is -2.85. The topological polar surface area (TPSA) is 284 Å². The highest BCUT2D eigenvalue weighted by atomic mass is 16.4. The second-order valence-electron chi connectivity index (χ2n) is 7.98. The Kier molecular flexibility index (Phi) is 138. The lowest BCUT2D eigenvalue weighted by Crippen LogP contribution is -2.82. The van der Waals surface area contributed by atoms with Crippen LogP contribution in [0.15, 0.2) is 0 Å². The predicted octanol–water partition coefficient (Wildman–Crippen LogP) is -8.27. The normalized spacial score (nSPS) is 7.44. The summed E-state index contributed by atoms with van der Waals surface area (Å²) in [5, 5.41) is 55.7. The molecule has 15 heteroatoms. The molecule has 0 bridgehead atoms. The molecule has 15 nitrogen and oxygen atoms in total. The van der Waals surface area contributed by atoms with Crippen molar-refractivity contribution >= 4 is 29.8 Å². The predicted molar refractivity (Wildman–Crippen MR) is 168 cm³/mol. The first-order chi connectivity index (χ1) is 20.7. The van der Waals surface area contributed by atoms with Gasteiger partial charge in [-0.05, 0) is 104 Å². The van der Waals surface area contributed by atoms with E-state index in [1.165, 1.54) is 65.4 Å². The second-order valence-corrected chi connectivity index (χ2v) is 7.98. The van der Waals surface area contributed by atoms with Gasteiger partial charge in [0.05, 0.1) is 65.4 Å². The zero-order chi connectivity index (χ0) is 38.5. The van der Waals surface area contributed by atoms with Crippen molar-refractivity contribution < 1.29 is 76.1 Å². The fraction of sp³-hybridized carbons (Fsp3) is 0.833. The maximum atomic E-state index is 8.89. The number of carboxylic acids is 5. The average molecular weight is 666 g/mol. The monoisotopic (exact) mass is 666 g/mol. The van der Waals surface area contributed by atoms with Crippen LogP contribution in [-0.2, 0) is 24.0 Å². The van der Waals surface area contributed by atoms with Crippen molar-refractivity contribution in [3.05, 3.63) is 0 Å². The number of hydrogen-bond donors (Lipinski definition) is 5. The zero-order valence-electron chi connectivity index (χ0n) is 31.5. The van der Waals surface area contributed by atoms with Crippen LogP contribution < -0.4 is 52.1 Å². The number of quaternary nitrogens is 5. The molecular formula is C30H75N5O10. The molecule has 0 radical (unpaired) electrons. The van der Waals surface area contributed by atoms with Gasteiger partial charge in [0.25, 0.3) is 0 Å². The molecule has 0 spiro atoms. The maximum absolute atomic E-state index is 8.89. The number of rotatable bonds is 10. The fourth-order valence-corrected chi connectivity index (χ4v) is 1.44. The number of hydrogen-bond acceptors (Lipinski definition) is 10. The molecule has 0 aliphatic rings. The Morgan fingerprint density at radius 2 is 0.333 bits per heavy atom. The zero-order valence-corrected chi connectivity index (χ0v) is 31.5. The van der Waals surface area contributed by atoms with E-state index in [0.29, 0.717) is 0 Å². The minimum atomic E-state index is -1.08. The van der Waals surface area contributed by atoms with Crippen LogP contribution in [0.5, 0.6) is 0 Å². The van der Waals surface area contributed by atoms with Crippen LogP contribution in [-0.4, -0.2) is 95.3 Å². The van der Waals surface area contributed by atoms with Gasteiger partial charge in [0.1, 0.15) is 0 Å². The SMILES string of the molecule is CC(=O)[O-].CC(=O)[O-].CC(=O)[O-].CC(=O)[O-].CC(=O)[O-].CC[NH2+]CC.CC[NH2+]CC.CC[NH2+]CC.CC[NH2+]CC.CC[NH2+]CC. The molecule has 0 fully saturated rings. The molecule has 10 N–H and O–H groups in total. The molecule has 0 aromatic carbocycles. The minimum Gasteiger partial charge on any atom is -0.550 e. The van der Waals surface area contributed by atoms with Gasteiger partial charge in [-0.3, -0.25) is 0 Å². The van der Waals surface area contributed by atoms with E-state index in [1.54, 1.807) is 0 Å². The first-order valence-corrected chi connectivity index (χ1v) is 15.7. The van der Waals surface area contributed by atoms with Crippen LogP contribution in [0.3, 0.4) is 0 Å². The van der Waals surface area contributed by atoms with E-state index in [1.807, 2.05) is 0 Å². The quantitative estimate of drug-likeness (QED) is 0.147. The van der Waals surface area contributed by atoms with Gasteiger partial charge in [0, 0.05) is 29.8 Å². The summed E-state index contributed by atoms with van der Waals surface area (Å²) in [4.78, 5) is 44.4. The summed E-state index contributed by atoms with van der Waals surface area (Å²) in [7, 11) is 0. The lowest BCUT2D eigenvalue weighted by molar-refractivity contribution is -0.648. The second kappa shape index (κ2) is 90.0. The highest BCUT2D eigenvalue weighted by Crippen LogP contribution is 1.34. The molecule has 45 heavy (non-hydrogen) atoms. The lowest BCUT2D eigenvalue weighted by Gasteiger charge is -1.83. The fourth-order valence-electron chi connectivity index (χ4n) is 1.44. The molecule has 0 aliphatic carbocycles. The van der Waals surface area contributed by atoms with E-state index >= 15 is 0 Å². The number of nitrogens with two attached hydrogens (primary N) is 5. The summed E-state index contributed by atoms with van der Waals surface area (Å²) in [5.74, 6) is -5.42. The van der Waals surface area contributed by atoms with Crippen LogP contribution in [0.2, 0.25) is 0 Å². The van der Waals surface area contributed by atoms with Crippen LogP contribution in [0, 0.1) is 0 Å². The molecule has 0 aromatic rings. The van der Waals surface area contributed by atoms with Gasteiger partial charge in [-0.1, -0.05) is 0 Å². The molecule has 0 heterocycles. The standard InChI is InChI=1S/5C4H11N.5C2H4O2/c5*1-3-5-4-2;5*1-2(3)4/h5*5H,3-4H2,1-2H3;5*1H3,(H,3,4). The summed E-state index contributed by atoms with van der Waals surface area (Å²) in [6.45, 7) is 38.6. The van der Waals surface area contributed by atoms with Crippen molar-refractivity contribution in [2.75, 3.05) is 65.4 Å². The Morgan fingerprint density at radius 1 is 0.289 bits per heavy atom. The lowest BCUT2D eigenvalue weighted by atomic mass is 10.7. The Morgan fingerprint density at radius 3 is 0.333 bits per heavy atom. The molecule has 0 saturated heterocycles. The smallest absolute Gasteiger partial charge is 0.0726 e. The summed E-state index contributed by atoms with van der Waals surface area (Å²) < 4.78 is 0. The van der Waals surface area contributed by atoms with Gasteiger partial charge in [-0.2, -0.15) is 0 Å². The summed E-state index contributed by atoms with van der Waals surface area (Å²) >= 11 is 0. The van der Waals surface area contributed by atoms with Crippen molar-refractivity contribution in [3.63, 3.8) is 0 Å². The van der Waals surface area contributed by atoms with Crippen LogP contribution in [0.1, 0.15) is 104 Å². The molecule has 0 aromatic heterocycles. The molecular weight excluding hydrogens is 590 g/mol. The van der Waals surface area contributed by atoms with Gasteiger partial charge < -0.3 is 76.1 Å². The Labute approximate surface area is 275 Å². The maximum Gasteiger partial charge on any atom is 0.0726 e. The third-order valence-electron chi connectivity index (χ3n) is 2.89. The highest BCUT2D eigenvalue weighted by Gasteiger charge is 1.69. The number of carbonyl (C=O) groups is 5. The number of aliphatic carboxylic acids is 5. The Bertz CT molecular complexity index is 395. The molecule has 0 atom stereocenters.